The minimum absolute atomic E-state index is 0.133. The van der Waals surface area contributed by atoms with Crippen LogP contribution in [0, 0.1) is 10.1 Å². The Hall–Kier alpha value is -2.15. The fourth-order valence-corrected chi connectivity index (χ4v) is 2.67. The first kappa shape index (κ1) is 15.2. The Labute approximate surface area is 123 Å². The minimum atomic E-state index is -0.539. The number of piperidine rings is 1. The van der Waals surface area contributed by atoms with Gasteiger partial charge in [-0.15, -0.1) is 0 Å². The second-order valence-electron chi connectivity index (χ2n) is 5.51. The van der Waals surface area contributed by atoms with Crippen molar-refractivity contribution in [1.29, 1.82) is 0 Å². The SMILES string of the molecule is CC1CCCC(C)N1NC(=O)c1cc([N+](=O)[O-])ccc1N. The molecule has 7 nitrogen and oxygen atoms in total. The predicted octanol–water partition coefficient (Wildman–Crippen LogP) is 2.08. The highest BCUT2D eigenvalue weighted by atomic mass is 16.6. The third kappa shape index (κ3) is 3.30. The summed E-state index contributed by atoms with van der Waals surface area (Å²) in [5, 5.41) is 12.7. The number of nitrogen functional groups attached to an aromatic ring is 1. The second kappa shape index (κ2) is 6.09. The highest BCUT2D eigenvalue weighted by Crippen LogP contribution is 2.23. The van der Waals surface area contributed by atoms with E-state index in [9.17, 15) is 14.9 Å². The predicted molar refractivity (Wildman–Crippen MR) is 79.6 cm³/mol. The van der Waals surface area contributed by atoms with Crippen LogP contribution in [0.4, 0.5) is 11.4 Å². The molecule has 1 aliphatic rings. The molecule has 7 heteroatoms. The maximum absolute atomic E-state index is 12.3. The lowest BCUT2D eigenvalue weighted by molar-refractivity contribution is -0.384. The number of hydrogen-bond donors (Lipinski definition) is 2. The summed E-state index contributed by atoms with van der Waals surface area (Å²) < 4.78 is 0. The van der Waals surface area contributed by atoms with Crippen molar-refractivity contribution in [3.63, 3.8) is 0 Å². The van der Waals surface area contributed by atoms with Crippen LogP contribution in [0.5, 0.6) is 0 Å². The van der Waals surface area contributed by atoms with Crippen LogP contribution in [0.2, 0.25) is 0 Å². The van der Waals surface area contributed by atoms with Crippen molar-refractivity contribution in [2.45, 2.75) is 45.2 Å². The number of benzene rings is 1. The molecule has 1 amide bonds. The lowest BCUT2D eigenvalue weighted by Crippen LogP contribution is -2.54. The molecule has 1 aromatic carbocycles. The van der Waals surface area contributed by atoms with E-state index in [0.717, 1.165) is 19.3 Å². The van der Waals surface area contributed by atoms with Gasteiger partial charge in [0.2, 0.25) is 0 Å². The summed E-state index contributed by atoms with van der Waals surface area (Å²) in [7, 11) is 0. The van der Waals surface area contributed by atoms with Gasteiger partial charge in [0, 0.05) is 29.9 Å². The summed E-state index contributed by atoms with van der Waals surface area (Å²) in [4.78, 5) is 22.6. The molecule has 0 radical (unpaired) electrons. The van der Waals surface area contributed by atoms with Gasteiger partial charge in [-0.2, -0.15) is 0 Å². The van der Waals surface area contributed by atoms with Crippen LogP contribution in [-0.2, 0) is 0 Å². The van der Waals surface area contributed by atoms with Gasteiger partial charge in [0.1, 0.15) is 0 Å². The van der Waals surface area contributed by atoms with E-state index in [-0.39, 0.29) is 29.0 Å². The number of carbonyl (C=O) groups excluding carboxylic acids is 1. The zero-order valence-corrected chi connectivity index (χ0v) is 12.2. The number of nitro groups is 1. The minimum Gasteiger partial charge on any atom is -0.398 e. The number of carbonyl (C=O) groups is 1. The van der Waals surface area contributed by atoms with E-state index < -0.39 is 10.8 Å². The third-order valence-electron chi connectivity index (χ3n) is 3.92. The summed E-state index contributed by atoms with van der Waals surface area (Å²) >= 11 is 0. The molecule has 0 aromatic heterocycles. The molecule has 0 bridgehead atoms. The smallest absolute Gasteiger partial charge is 0.270 e. The molecule has 0 aliphatic carbocycles. The summed E-state index contributed by atoms with van der Waals surface area (Å²) in [6, 6.07) is 4.36. The van der Waals surface area contributed by atoms with E-state index in [1.54, 1.807) is 0 Å². The van der Waals surface area contributed by atoms with Crippen LogP contribution in [0.25, 0.3) is 0 Å². The van der Waals surface area contributed by atoms with Crippen LogP contribution < -0.4 is 11.2 Å². The molecule has 2 atom stereocenters. The molecule has 2 rings (SSSR count). The van der Waals surface area contributed by atoms with Gasteiger partial charge >= 0.3 is 0 Å². The zero-order valence-electron chi connectivity index (χ0n) is 12.2. The van der Waals surface area contributed by atoms with E-state index in [1.165, 1.54) is 18.2 Å². The molecule has 1 aliphatic heterocycles. The van der Waals surface area contributed by atoms with Gasteiger partial charge in [-0.05, 0) is 32.8 Å². The quantitative estimate of drug-likeness (QED) is 0.504. The van der Waals surface area contributed by atoms with Crippen LogP contribution in [-0.4, -0.2) is 27.9 Å². The average Bonchev–Trinajstić information content (AvgIpc) is 2.43. The van der Waals surface area contributed by atoms with Gasteiger partial charge in [-0.3, -0.25) is 20.3 Å². The largest absolute Gasteiger partial charge is 0.398 e. The Morgan fingerprint density at radius 3 is 2.57 bits per heavy atom. The first-order chi connectivity index (χ1) is 9.90. The van der Waals surface area contributed by atoms with Gasteiger partial charge < -0.3 is 5.73 Å². The van der Waals surface area contributed by atoms with Crippen molar-refractivity contribution in [1.82, 2.24) is 10.4 Å². The van der Waals surface area contributed by atoms with Crippen LogP contribution in [0.3, 0.4) is 0 Å². The maximum Gasteiger partial charge on any atom is 0.270 e. The van der Waals surface area contributed by atoms with Crippen molar-refractivity contribution in [3.05, 3.63) is 33.9 Å². The Morgan fingerprint density at radius 2 is 2.00 bits per heavy atom. The number of nitrogens with one attached hydrogen (secondary N) is 1. The monoisotopic (exact) mass is 292 g/mol. The number of hydrazine groups is 1. The Morgan fingerprint density at radius 1 is 1.38 bits per heavy atom. The fourth-order valence-electron chi connectivity index (χ4n) is 2.67. The standard InChI is InChI=1S/C14H20N4O3/c1-9-4-3-5-10(2)17(9)16-14(19)12-8-11(18(20)21)6-7-13(12)15/h6-10H,3-5,15H2,1-2H3,(H,16,19). The number of rotatable bonds is 3. The number of nitrogens with two attached hydrogens (primary N) is 1. The summed E-state index contributed by atoms with van der Waals surface area (Å²) in [5.74, 6) is -0.406. The number of hydrogen-bond acceptors (Lipinski definition) is 5. The first-order valence-corrected chi connectivity index (χ1v) is 7.03. The number of amides is 1. The lowest BCUT2D eigenvalue weighted by Gasteiger charge is -2.38. The third-order valence-corrected chi connectivity index (χ3v) is 3.92. The molecule has 114 valence electrons. The maximum atomic E-state index is 12.3. The van der Waals surface area contributed by atoms with Crippen molar-refractivity contribution in [3.8, 4) is 0 Å². The molecule has 1 heterocycles. The molecule has 21 heavy (non-hydrogen) atoms. The summed E-state index contributed by atoms with van der Waals surface area (Å²) in [5.41, 5.74) is 8.82. The first-order valence-electron chi connectivity index (χ1n) is 7.03. The normalized spacial score (nSPS) is 22.8. The zero-order chi connectivity index (χ0) is 15.6. The van der Waals surface area contributed by atoms with Gasteiger partial charge in [-0.1, -0.05) is 6.42 Å². The van der Waals surface area contributed by atoms with E-state index >= 15 is 0 Å². The van der Waals surface area contributed by atoms with E-state index in [1.807, 2.05) is 18.9 Å². The molecule has 0 saturated carbocycles. The Bertz CT molecular complexity index is 551. The fraction of sp³-hybridized carbons (Fsp3) is 0.500. The van der Waals surface area contributed by atoms with Crippen LogP contribution >= 0.6 is 0 Å². The van der Waals surface area contributed by atoms with Gasteiger partial charge in [0.05, 0.1) is 10.5 Å². The highest BCUT2D eigenvalue weighted by molar-refractivity contribution is 5.99. The summed E-state index contributed by atoms with van der Waals surface area (Å²) in [6.07, 6.45) is 3.15. The number of non-ortho nitro benzene ring substituents is 1. The van der Waals surface area contributed by atoms with Crippen LogP contribution in [0.15, 0.2) is 18.2 Å². The van der Waals surface area contributed by atoms with Gasteiger partial charge in [-0.25, -0.2) is 5.01 Å². The number of nitrogens with zero attached hydrogens (tertiary/aromatic N) is 2. The topological polar surface area (TPSA) is 102 Å². The van der Waals surface area contributed by atoms with E-state index in [4.69, 9.17) is 5.73 Å². The average molecular weight is 292 g/mol. The number of anilines is 1. The molecule has 0 spiro atoms. The molecule has 2 unspecified atom stereocenters. The molecule has 3 N–H and O–H groups in total. The van der Waals surface area contributed by atoms with Crippen molar-refractivity contribution >= 4 is 17.3 Å². The van der Waals surface area contributed by atoms with Crippen molar-refractivity contribution < 1.29 is 9.72 Å². The highest BCUT2D eigenvalue weighted by Gasteiger charge is 2.27. The Kier molecular flexibility index (Phi) is 4.42. The molecule has 1 saturated heterocycles. The lowest BCUT2D eigenvalue weighted by atomic mass is 10.00. The molecule has 1 aromatic rings. The Balaban J connectivity index is 2.20. The molecule has 1 fully saturated rings. The molecular weight excluding hydrogens is 272 g/mol. The van der Waals surface area contributed by atoms with Crippen LogP contribution in [0.1, 0.15) is 43.5 Å². The van der Waals surface area contributed by atoms with Crippen molar-refractivity contribution in [2.24, 2.45) is 0 Å². The number of nitro benzene ring substituents is 1. The molecular formula is C14H20N4O3. The van der Waals surface area contributed by atoms with E-state index in [2.05, 4.69) is 5.43 Å². The van der Waals surface area contributed by atoms with E-state index in [0.29, 0.717) is 0 Å². The van der Waals surface area contributed by atoms with Gasteiger partial charge in [0.15, 0.2) is 0 Å². The van der Waals surface area contributed by atoms with Gasteiger partial charge in [0.25, 0.3) is 11.6 Å². The van der Waals surface area contributed by atoms with Crippen molar-refractivity contribution in [2.75, 3.05) is 5.73 Å². The second-order valence-corrected chi connectivity index (χ2v) is 5.51. The summed E-state index contributed by atoms with van der Waals surface area (Å²) in [6.45, 7) is 4.10.